The van der Waals surface area contributed by atoms with E-state index in [-0.39, 0.29) is 24.8 Å². The van der Waals surface area contributed by atoms with Crippen molar-refractivity contribution in [2.45, 2.75) is 38.3 Å². The first-order chi connectivity index (χ1) is 7.51. The zero-order valence-corrected chi connectivity index (χ0v) is 10.5. The Morgan fingerprint density at radius 1 is 1.50 bits per heavy atom. The largest absolute Gasteiger partial charge is 0.481 e. The second-order valence-electron chi connectivity index (χ2n) is 3.61. The SMILES string of the molecule is CCC(CSC)NC(=O)C(N)CCC(=O)O. The summed E-state index contributed by atoms with van der Waals surface area (Å²) in [5.41, 5.74) is 5.58. The average molecular weight is 248 g/mol. The van der Waals surface area contributed by atoms with Crippen LogP contribution in [0.5, 0.6) is 0 Å². The Hall–Kier alpha value is -0.750. The molecule has 0 rings (SSSR count). The van der Waals surface area contributed by atoms with Crippen LogP contribution >= 0.6 is 11.8 Å². The number of hydrogen-bond donors (Lipinski definition) is 3. The smallest absolute Gasteiger partial charge is 0.303 e. The fraction of sp³-hybridized carbons (Fsp3) is 0.800. The van der Waals surface area contributed by atoms with Crippen molar-refractivity contribution in [3.63, 3.8) is 0 Å². The van der Waals surface area contributed by atoms with E-state index < -0.39 is 12.0 Å². The molecule has 0 heterocycles. The second-order valence-corrected chi connectivity index (χ2v) is 4.52. The third-order valence-corrected chi connectivity index (χ3v) is 2.95. The molecule has 16 heavy (non-hydrogen) atoms. The number of carboxylic acid groups (broad SMARTS) is 1. The fourth-order valence-corrected chi connectivity index (χ4v) is 1.90. The highest BCUT2D eigenvalue weighted by atomic mass is 32.2. The minimum absolute atomic E-state index is 0.0755. The zero-order valence-electron chi connectivity index (χ0n) is 9.73. The number of carboxylic acids is 1. The van der Waals surface area contributed by atoms with Crippen molar-refractivity contribution in [1.29, 1.82) is 0 Å². The van der Waals surface area contributed by atoms with Crippen LogP contribution in [0.15, 0.2) is 0 Å². The van der Waals surface area contributed by atoms with Crippen molar-refractivity contribution in [1.82, 2.24) is 5.32 Å². The summed E-state index contributed by atoms with van der Waals surface area (Å²) in [6.07, 6.45) is 2.92. The van der Waals surface area contributed by atoms with Crippen LogP contribution in [-0.4, -0.2) is 41.1 Å². The molecule has 0 aromatic rings. The summed E-state index contributed by atoms with van der Waals surface area (Å²) in [5.74, 6) is -0.352. The lowest BCUT2D eigenvalue weighted by atomic mass is 10.1. The molecule has 0 saturated heterocycles. The Balaban J connectivity index is 3.97. The highest BCUT2D eigenvalue weighted by Crippen LogP contribution is 2.02. The van der Waals surface area contributed by atoms with Gasteiger partial charge in [0.1, 0.15) is 0 Å². The molecule has 0 spiro atoms. The molecule has 0 saturated carbocycles. The maximum Gasteiger partial charge on any atom is 0.303 e. The van der Waals surface area contributed by atoms with Gasteiger partial charge in [-0.05, 0) is 19.1 Å². The number of thioether (sulfide) groups is 1. The van der Waals surface area contributed by atoms with Crippen LogP contribution in [0.3, 0.4) is 0 Å². The number of aliphatic carboxylic acids is 1. The predicted octanol–water partition coefficient (Wildman–Crippen LogP) is 0.436. The van der Waals surface area contributed by atoms with Crippen LogP contribution in [-0.2, 0) is 9.59 Å². The van der Waals surface area contributed by atoms with Crippen molar-refractivity contribution in [3.05, 3.63) is 0 Å². The van der Waals surface area contributed by atoms with Gasteiger partial charge in [0.25, 0.3) is 0 Å². The summed E-state index contributed by atoms with van der Waals surface area (Å²) in [5, 5.41) is 11.3. The maximum atomic E-state index is 11.6. The molecule has 0 aliphatic carbocycles. The molecule has 94 valence electrons. The van der Waals surface area contributed by atoms with Crippen molar-refractivity contribution < 1.29 is 14.7 Å². The number of nitrogens with two attached hydrogens (primary N) is 1. The monoisotopic (exact) mass is 248 g/mol. The van der Waals surface area contributed by atoms with Crippen LogP contribution in [0.1, 0.15) is 26.2 Å². The third-order valence-electron chi connectivity index (χ3n) is 2.21. The number of carbonyl (C=O) groups is 2. The molecule has 2 atom stereocenters. The van der Waals surface area contributed by atoms with Crippen molar-refractivity contribution in [2.24, 2.45) is 5.73 Å². The van der Waals surface area contributed by atoms with E-state index in [2.05, 4.69) is 5.32 Å². The maximum absolute atomic E-state index is 11.6. The highest BCUT2D eigenvalue weighted by molar-refractivity contribution is 7.98. The van der Waals surface area contributed by atoms with Crippen LogP contribution in [0.25, 0.3) is 0 Å². The van der Waals surface area contributed by atoms with E-state index in [1.54, 1.807) is 11.8 Å². The topological polar surface area (TPSA) is 92.4 Å². The molecule has 0 aliphatic rings. The number of rotatable bonds is 8. The van der Waals surface area contributed by atoms with Gasteiger partial charge in [0.15, 0.2) is 0 Å². The van der Waals surface area contributed by atoms with Crippen LogP contribution < -0.4 is 11.1 Å². The molecule has 0 bridgehead atoms. The number of amides is 1. The fourth-order valence-electron chi connectivity index (χ4n) is 1.18. The van der Waals surface area contributed by atoms with E-state index >= 15 is 0 Å². The Bertz CT molecular complexity index is 236. The highest BCUT2D eigenvalue weighted by Gasteiger charge is 2.17. The summed E-state index contributed by atoms with van der Waals surface area (Å²) in [4.78, 5) is 21.9. The molecule has 0 aromatic carbocycles. The first-order valence-electron chi connectivity index (χ1n) is 5.27. The summed E-state index contributed by atoms with van der Waals surface area (Å²) in [6, 6.07) is -0.620. The summed E-state index contributed by atoms with van der Waals surface area (Å²) in [6.45, 7) is 1.99. The predicted molar refractivity (Wildman–Crippen MR) is 65.4 cm³/mol. The molecule has 0 fully saturated rings. The van der Waals surface area contributed by atoms with Gasteiger partial charge in [-0.2, -0.15) is 11.8 Å². The molecule has 0 radical (unpaired) electrons. The molecule has 1 amide bonds. The molecule has 6 heteroatoms. The Morgan fingerprint density at radius 2 is 2.12 bits per heavy atom. The molecule has 0 aliphatic heterocycles. The van der Waals surface area contributed by atoms with Gasteiger partial charge in [-0.25, -0.2) is 0 Å². The molecule has 0 aromatic heterocycles. The standard InChI is InChI=1S/C10H20N2O3S/c1-3-7(6-16-2)12-10(15)8(11)4-5-9(13)14/h7-8H,3-6,11H2,1-2H3,(H,12,15)(H,13,14). The average Bonchev–Trinajstić information content (AvgIpc) is 2.24. The number of carbonyl (C=O) groups excluding carboxylic acids is 1. The Labute approximate surface area is 100 Å². The van der Waals surface area contributed by atoms with Gasteiger partial charge in [0.05, 0.1) is 6.04 Å². The van der Waals surface area contributed by atoms with E-state index in [9.17, 15) is 9.59 Å². The minimum Gasteiger partial charge on any atom is -0.481 e. The van der Waals surface area contributed by atoms with Gasteiger partial charge in [-0.3, -0.25) is 9.59 Å². The van der Waals surface area contributed by atoms with E-state index in [0.717, 1.165) is 12.2 Å². The van der Waals surface area contributed by atoms with Gasteiger partial charge in [0.2, 0.25) is 5.91 Å². The molecule has 5 nitrogen and oxygen atoms in total. The minimum atomic E-state index is -0.931. The lowest BCUT2D eigenvalue weighted by Gasteiger charge is -2.18. The van der Waals surface area contributed by atoms with Gasteiger partial charge >= 0.3 is 5.97 Å². The number of hydrogen-bond acceptors (Lipinski definition) is 4. The first kappa shape index (κ1) is 15.2. The van der Waals surface area contributed by atoms with Gasteiger partial charge in [-0.1, -0.05) is 6.92 Å². The van der Waals surface area contributed by atoms with Crippen LogP contribution in [0.4, 0.5) is 0 Å². The van der Waals surface area contributed by atoms with Crippen molar-refractivity contribution in [2.75, 3.05) is 12.0 Å². The molecular weight excluding hydrogens is 228 g/mol. The van der Waals surface area contributed by atoms with Gasteiger partial charge in [0, 0.05) is 18.2 Å². The van der Waals surface area contributed by atoms with Gasteiger partial charge in [-0.15, -0.1) is 0 Å². The van der Waals surface area contributed by atoms with E-state index in [1.165, 1.54) is 0 Å². The molecule has 4 N–H and O–H groups in total. The van der Waals surface area contributed by atoms with Gasteiger partial charge < -0.3 is 16.2 Å². The van der Waals surface area contributed by atoms with Crippen molar-refractivity contribution >= 4 is 23.6 Å². The van der Waals surface area contributed by atoms with Crippen LogP contribution in [0.2, 0.25) is 0 Å². The third kappa shape index (κ3) is 6.68. The molecular formula is C10H20N2O3S. The first-order valence-corrected chi connectivity index (χ1v) is 6.67. The van der Waals surface area contributed by atoms with Crippen molar-refractivity contribution in [3.8, 4) is 0 Å². The molecule has 2 unspecified atom stereocenters. The van der Waals surface area contributed by atoms with Crippen LogP contribution in [0, 0.1) is 0 Å². The summed E-state index contributed by atoms with van der Waals surface area (Å²) < 4.78 is 0. The normalized spacial score (nSPS) is 14.2. The summed E-state index contributed by atoms with van der Waals surface area (Å²) in [7, 11) is 0. The second kappa shape index (κ2) is 8.41. The lowest BCUT2D eigenvalue weighted by molar-refractivity contribution is -0.137. The van der Waals surface area contributed by atoms with E-state index in [0.29, 0.717) is 0 Å². The Morgan fingerprint density at radius 3 is 2.56 bits per heavy atom. The quantitative estimate of drug-likeness (QED) is 0.579. The van der Waals surface area contributed by atoms with E-state index in [1.807, 2.05) is 13.2 Å². The number of nitrogens with one attached hydrogen (secondary N) is 1. The Kier molecular flexibility index (Phi) is 8.01. The van der Waals surface area contributed by atoms with E-state index in [4.69, 9.17) is 10.8 Å². The summed E-state index contributed by atoms with van der Waals surface area (Å²) >= 11 is 1.66. The lowest BCUT2D eigenvalue weighted by Crippen LogP contribution is -2.46. The zero-order chi connectivity index (χ0) is 12.6.